The zero-order chi connectivity index (χ0) is 27.4. The normalized spacial score (nSPS) is 15.4. The Kier molecular flexibility index (Phi) is 7.96. The Morgan fingerprint density at radius 3 is 2.56 bits per heavy atom. The molecule has 0 aliphatic heterocycles. The lowest BCUT2D eigenvalue weighted by molar-refractivity contribution is -0.143. The van der Waals surface area contributed by atoms with Gasteiger partial charge in [-0.05, 0) is 79.6 Å². The molecule has 202 valence electrons. The summed E-state index contributed by atoms with van der Waals surface area (Å²) >= 11 is 0. The molecule has 6 nitrogen and oxygen atoms in total. The summed E-state index contributed by atoms with van der Waals surface area (Å²) in [6, 6.07) is 22.2. The lowest BCUT2D eigenvalue weighted by Crippen LogP contribution is -2.42. The molecule has 39 heavy (non-hydrogen) atoms. The molecule has 1 heterocycles. The largest absolute Gasteiger partial charge is 0.497 e. The number of methoxy groups -OCH3 is 1. The molecule has 1 amide bonds. The summed E-state index contributed by atoms with van der Waals surface area (Å²) in [5, 5.41) is 4.08. The molecule has 0 unspecified atom stereocenters. The van der Waals surface area contributed by atoms with E-state index in [1.54, 1.807) is 20.1 Å². The number of hydrogen-bond acceptors (Lipinski definition) is 4. The molecule has 1 aromatic heterocycles. The summed E-state index contributed by atoms with van der Waals surface area (Å²) in [5.74, 6) is -0.263. The monoisotopic (exact) mass is 528 g/mol. The van der Waals surface area contributed by atoms with Crippen LogP contribution in [0, 0.1) is 5.82 Å². The second-order valence-corrected chi connectivity index (χ2v) is 9.94. The molecule has 2 atom stereocenters. The first kappa shape index (κ1) is 26.5. The summed E-state index contributed by atoms with van der Waals surface area (Å²) in [6.07, 6.45) is 2.53. The Balaban J connectivity index is 1.39. The minimum Gasteiger partial charge on any atom is -0.497 e. The second kappa shape index (κ2) is 11.7. The van der Waals surface area contributed by atoms with Crippen LogP contribution in [0.5, 0.6) is 5.75 Å². The molecule has 0 radical (unpaired) electrons. The van der Waals surface area contributed by atoms with Crippen molar-refractivity contribution in [2.75, 3.05) is 13.7 Å². The zero-order valence-corrected chi connectivity index (χ0v) is 22.3. The Morgan fingerprint density at radius 1 is 1.08 bits per heavy atom. The van der Waals surface area contributed by atoms with Crippen molar-refractivity contribution < 1.29 is 23.5 Å². The average molecular weight is 529 g/mol. The van der Waals surface area contributed by atoms with Gasteiger partial charge >= 0.3 is 5.97 Å². The Hall–Kier alpha value is -4.13. The topological polar surface area (TPSA) is 69.6 Å². The van der Waals surface area contributed by atoms with Gasteiger partial charge in [0.1, 0.15) is 18.1 Å². The first-order chi connectivity index (χ1) is 19.0. The van der Waals surface area contributed by atoms with E-state index in [2.05, 4.69) is 5.32 Å². The molecule has 5 rings (SSSR count). The number of nitrogens with one attached hydrogen (secondary N) is 1. The van der Waals surface area contributed by atoms with Crippen LogP contribution in [-0.4, -0.2) is 36.2 Å². The second-order valence-electron chi connectivity index (χ2n) is 9.94. The van der Waals surface area contributed by atoms with Gasteiger partial charge in [0.15, 0.2) is 0 Å². The molecular formula is C32H33FN2O4. The lowest BCUT2D eigenvalue weighted by Gasteiger charge is -2.27. The predicted octanol–water partition coefficient (Wildman–Crippen LogP) is 5.35. The van der Waals surface area contributed by atoms with Crippen molar-refractivity contribution in [1.29, 1.82) is 0 Å². The van der Waals surface area contributed by atoms with Crippen molar-refractivity contribution >= 4 is 22.8 Å². The van der Waals surface area contributed by atoms with E-state index in [1.807, 2.05) is 59.2 Å². The van der Waals surface area contributed by atoms with Crippen LogP contribution in [-0.2, 0) is 40.1 Å². The number of halogens is 1. The number of amides is 1. The van der Waals surface area contributed by atoms with Crippen LogP contribution in [0.4, 0.5) is 4.39 Å². The van der Waals surface area contributed by atoms with Gasteiger partial charge in [-0.15, -0.1) is 0 Å². The van der Waals surface area contributed by atoms with Crippen molar-refractivity contribution in [2.24, 2.45) is 0 Å². The van der Waals surface area contributed by atoms with E-state index in [1.165, 1.54) is 12.1 Å². The van der Waals surface area contributed by atoms with Gasteiger partial charge in [-0.25, -0.2) is 4.39 Å². The fourth-order valence-corrected chi connectivity index (χ4v) is 5.61. The van der Waals surface area contributed by atoms with E-state index < -0.39 is 0 Å². The van der Waals surface area contributed by atoms with Gasteiger partial charge in [0.2, 0.25) is 5.91 Å². The molecule has 7 heteroatoms. The lowest BCUT2D eigenvalue weighted by atomic mass is 9.88. The highest BCUT2D eigenvalue weighted by molar-refractivity contribution is 5.88. The minimum absolute atomic E-state index is 0.0353. The summed E-state index contributed by atoms with van der Waals surface area (Å²) in [5.41, 5.74) is 4.80. The summed E-state index contributed by atoms with van der Waals surface area (Å²) in [6.45, 7) is 2.17. The van der Waals surface area contributed by atoms with Crippen LogP contribution in [0.3, 0.4) is 0 Å². The molecule has 0 saturated carbocycles. The molecule has 0 bridgehead atoms. The van der Waals surface area contributed by atoms with Gasteiger partial charge in [0.05, 0.1) is 19.6 Å². The maximum absolute atomic E-state index is 14.3. The molecule has 1 aliphatic rings. The summed E-state index contributed by atoms with van der Waals surface area (Å²) < 4.78 is 26.7. The van der Waals surface area contributed by atoms with Crippen molar-refractivity contribution in [1.82, 2.24) is 9.88 Å². The van der Waals surface area contributed by atoms with E-state index >= 15 is 0 Å². The number of carbonyl (C=O) groups excluding carboxylic acids is 2. The van der Waals surface area contributed by atoms with E-state index in [-0.39, 0.29) is 36.2 Å². The Bertz CT molecular complexity index is 1460. The first-order valence-corrected chi connectivity index (χ1v) is 13.4. The van der Waals surface area contributed by atoms with E-state index in [9.17, 15) is 14.0 Å². The molecule has 3 aromatic carbocycles. The fourth-order valence-electron chi connectivity index (χ4n) is 5.61. The van der Waals surface area contributed by atoms with E-state index in [0.717, 1.165) is 45.5 Å². The van der Waals surface area contributed by atoms with Crippen LogP contribution in [0.2, 0.25) is 0 Å². The summed E-state index contributed by atoms with van der Waals surface area (Å²) in [7, 11) is 1.63. The van der Waals surface area contributed by atoms with Gasteiger partial charge in [0.25, 0.3) is 0 Å². The SMILES string of the molecule is CCOC(=O)Cn1c2c(c3cc(F)ccc31)C[C@@H](NC(=O)[C@@H](Cc1ccc(OC)cc1)c1ccccc1)CC2. The molecule has 0 fully saturated rings. The fraction of sp³-hybridized carbons (Fsp3) is 0.312. The third-order valence-corrected chi connectivity index (χ3v) is 7.49. The maximum atomic E-state index is 14.3. The smallest absolute Gasteiger partial charge is 0.325 e. The third kappa shape index (κ3) is 5.82. The van der Waals surface area contributed by atoms with Crippen LogP contribution in [0.1, 0.15) is 41.6 Å². The quantitative estimate of drug-likeness (QED) is 0.297. The predicted molar refractivity (Wildman–Crippen MR) is 148 cm³/mol. The molecular weight excluding hydrogens is 495 g/mol. The standard InChI is InChI=1S/C32H33FN2O4/c1-3-39-31(36)20-35-29-15-11-23(33)18-27(29)28-19-24(12-16-30(28)35)34-32(37)26(22-7-5-4-6-8-22)17-21-9-13-25(38-2)14-10-21/h4-11,13-15,18,24,26H,3,12,16-17,19-20H2,1-2H3,(H,34,37)/t24-,26-/m0/s1. The van der Waals surface area contributed by atoms with Crippen LogP contribution >= 0.6 is 0 Å². The number of fused-ring (bicyclic) bond motifs is 3. The average Bonchev–Trinajstić information content (AvgIpc) is 3.24. The van der Waals surface area contributed by atoms with Crippen molar-refractivity contribution in [3.05, 3.63) is 101 Å². The molecule has 1 N–H and O–H groups in total. The first-order valence-electron chi connectivity index (χ1n) is 13.4. The van der Waals surface area contributed by atoms with Gasteiger partial charge < -0.3 is 19.4 Å². The van der Waals surface area contributed by atoms with Crippen molar-refractivity contribution in [3.8, 4) is 5.75 Å². The highest BCUT2D eigenvalue weighted by Crippen LogP contribution is 2.33. The molecule has 0 spiro atoms. The number of ether oxygens (including phenoxy) is 2. The Morgan fingerprint density at radius 2 is 1.85 bits per heavy atom. The van der Waals surface area contributed by atoms with E-state index in [0.29, 0.717) is 25.9 Å². The van der Waals surface area contributed by atoms with E-state index in [4.69, 9.17) is 9.47 Å². The Labute approximate surface area is 227 Å². The zero-order valence-electron chi connectivity index (χ0n) is 22.3. The van der Waals surface area contributed by atoms with Crippen molar-refractivity contribution in [3.63, 3.8) is 0 Å². The van der Waals surface area contributed by atoms with Gasteiger partial charge in [-0.1, -0.05) is 42.5 Å². The molecule has 1 aliphatic carbocycles. The number of aromatic nitrogens is 1. The van der Waals surface area contributed by atoms with Gasteiger partial charge in [0, 0.05) is 22.6 Å². The summed E-state index contributed by atoms with van der Waals surface area (Å²) in [4.78, 5) is 26.1. The number of benzene rings is 3. The highest BCUT2D eigenvalue weighted by Gasteiger charge is 2.30. The number of nitrogens with zero attached hydrogens (tertiary/aromatic N) is 1. The van der Waals surface area contributed by atoms with Crippen LogP contribution in [0.15, 0.2) is 72.8 Å². The third-order valence-electron chi connectivity index (χ3n) is 7.49. The van der Waals surface area contributed by atoms with Crippen LogP contribution < -0.4 is 10.1 Å². The molecule has 4 aromatic rings. The number of esters is 1. The minimum atomic E-state index is -0.358. The number of rotatable bonds is 9. The van der Waals surface area contributed by atoms with Crippen molar-refractivity contribution in [2.45, 2.75) is 51.1 Å². The number of carbonyl (C=O) groups is 2. The number of hydrogen-bond donors (Lipinski definition) is 1. The molecule has 0 saturated heterocycles. The highest BCUT2D eigenvalue weighted by atomic mass is 19.1. The van der Waals surface area contributed by atoms with Crippen LogP contribution in [0.25, 0.3) is 10.9 Å². The maximum Gasteiger partial charge on any atom is 0.325 e. The van der Waals surface area contributed by atoms with Gasteiger partial charge in [-0.3, -0.25) is 9.59 Å². The van der Waals surface area contributed by atoms with Gasteiger partial charge in [-0.2, -0.15) is 0 Å².